The molecule has 3 aromatic carbocycles. The van der Waals surface area contributed by atoms with E-state index in [1.54, 1.807) is 19.0 Å². The maximum absolute atomic E-state index is 13.0. The number of rotatable bonds is 5. The van der Waals surface area contributed by atoms with Gasteiger partial charge in [0.05, 0.1) is 13.0 Å². The first-order chi connectivity index (χ1) is 19.0. The van der Waals surface area contributed by atoms with Gasteiger partial charge in [-0.2, -0.15) is 0 Å². The summed E-state index contributed by atoms with van der Waals surface area (Å²) in [5.74, 6) is 1.26. The number of aromatic nitrogens is 1. The molecule has 1 aromatic heterocycles. The minimum Gasteiger partial charge on any atom is -0.464 e. The van der Waals surface area contributed by atoms with E-state index in [1.165, 1.54) is 0 Å². The molecule has 0 saturated carbocycles. The molecule has 0 radical (unpaired) electrons. The third-order valence-corrected chi connectivity index (χ3v) is 7.87. The Morgan fingerprint density at radius 1 is 0.974 bits per heavy atom. The molecule has 7 heteroatoms. The van der Waals surface area contributed by atoms with Gasteiger partial charge in [0.1, 0.15) is 5.75 Å². The second-order valence-electron chi connectivity index (χ2n) is 10.7. The molecular formula is C32H33N3O4. The van der Waals surface area contributed by atoms with Gasteiger partial charge in [0.15, 0.2) is 0 Å². The average molecular weight is 524 g/mol. The Bertz CT molecular complexity index is 1500. The van der Waals surface area contributed by atoms with E-state index in [0.29, 0.717) is 31.7 Å². The molecule has 1 N–H and O–H groups in total. The summed E-state index contributed by atoms with van der Waals surface area (Å²) in [6, 6.07) is 21.9. The summed E-state index contributed by atoms with van der Waals surface area (Å²) in [6.45, 7) is 1.92. The molecule has 1 saturated heterocycles. The molecule has 0 bridgehead atoms. The number of H-pyrrole nitrogens is 1. The molecule has 39 heavy (non-hydrogen) atoms. The van der Waals surface area contributed by atoms with Crippen LogP contribution in [0.3, 0.4) is 0 Å². The van der Waals surface area contributed by atoms with Crippen molar-refractivity contribution in [3.8, 4) is 16.9 Å². The Morgan fingerprint density at radius 3 is 2.49 bits per heavy atom. The van der Waals surface area contributed by atoms with Crippen molar-refractivity contribution in [1.29, 1.82) is 0 Å². The van der Waals surface area contributed by atoms with Gasteiger partial charge in [-0.05, 0) is 59.9 Å². The molecule has 0 spiro atoms. The molecule has 7 nitrogen and oxygen atoms in total. The first-order valence-electron chi connectivity index (χ1n) is 13.5. The van der Waals surface area contributed by atoms with Gasteiger partial charge < -0.3 is 24.3 Å². The molecule has 1 atom stereocenters. The lowest BCUT2D eigenvalue weighted by molar-refractivity contribution is -0.154. The number of hydrogen-bond donors (Lipinski definition) is 1. The summed E-state index contributed by atoms with van der Waals surface area (Å²) in [4.78, 5) is 32.0. The SMILES string of the molecule is CN(C)C(=O)c1ccc(-c2ccc3c(c2)COC(C2CCN(C(=O)Cc4c[nH]c5ccccc45)CC2)O3)cc1. The van der Waals surface area contributed by atoms with Crippen molar-refractivity contribution >= 4 is 22.7 Å². The molecule has 1 fully saturated rings. The number of aromatic amines is 1. The fraction of sp³-hybridized carbons (Fsp3) is 0.312. The van der Waals surface area contributed by atoms with Crippen molar-refractivity contribution in [2.45, 2.75) is 32.2 Å². The van der Waals surface area contributed by atoms with E-state index in [9.17, 15) is 9.59 Å². The Morgan fingerprint density at radius 2 is 1.72 bits per heavy atom. The number of benzene rings is 3. The number of nitrogens with zero attached hydrogens (tertiary/aromatic N) is 2. The first kappa shape index (κ1) is 25.2. The van der Waals surface area contributed by atoms with Crippen molar-refractivity contribution in [2.24, 2.45) is 5.92 Å². The molecule has 2 aliphatic rings. The fourth-order valence-electron chi connectivity index (χ4n) is 5.59. The molecule has 6 rings (SSSR count). The van der Waals surface area contributed by atoms with Crippen molar-refractivity contribution in [3.63, 3.8) is 0 Å². The summed E-state index contributed by atoms with van der Waals surface area (Å²) >= 11 is 0. The molecule has 2 amide bonds. The molecule has 3 heterocycles. The second-order valence-corrected chi connectivity index (χ2v) is 10.7. The zero-order valence-corrected chi connectivity index (χ0v) is 22.4. The summed E-state index contributed by atoms with van der Waals surface area (Å²) < 4.78 is 12.4. The third kappa shape index (κ3) is 5.14. The summed E-state index contributed by atoms with van der Waals surface area (Å²) in [5, 5.41) is 1.11. The monoisotopic (exact) mass is 523 g/mol. The lowest BCUT2D eigenvalue weighted by Crippen LogP contribution is -2.44. The Hall–Kier alpha value is -4.10. The van der Waals surface area contributed by atoms with Gasteiger partial charge in [0.2, 0.25) is 12.2 Å². The number of likely N-dealkylation sites (tertiary alicyclic amines) is 1. The first-order valence-corrected chi connectivity index (χ1v) is 13.5. The van der Waals surface area contributed by atoms with Gasteiger partial charge in [0, 0.05) is 61.3 Å². The van der Waals surface area contributed by atoms with E-state index in [-0.39, 0.29) is 24.0 Å². The van der Waals surface area contributed by atoms with Gasteiger partial charge in [0.25, 0.3) is 5.91 Å². The van der Waals surface area contributed by atoms with Crippen LogP contribution >= 0.6 is 0 Å². The zero-order valence-electron chi connectivity index (χ0n) is 22.4. The average Bonchev–Trinajstić information content (AvgIpc) is 3.39. The van der Waals surface area contributed by atoms with Gasteiger partial charge in [-0.25, -0.2) is 0 Å². The van der Waals surface area contributed by atoms with Gasteiger partial charge in [-0.15, -0.1) is 0 Å². The zero-order chi connectivity index (χ0) is 26.9. The van der Waals surface area contributed by atoms with E-state index in [2.05, 4.69) is 23.2 Å². The van der Waals surface area contributed by atoms with Crippen molar-refractivity contribution < 1.29 is 19.1 Å². The maximum atomic E-state index is 13.0. The number of para-hydroxylation sites is 1. The number of carbonyl (C=O) groups excluding carboxylic acids is 2. The molecule has 200 valence electrons. The van der Waals surface area contributed by atoms with E-state index in [1.807, 2.05) is 59.6 Å². The summed E-state index contributed by atoms with van der Waals surface area (Å²) in [5.41, 5.74) is 5.90. The van der Waals surface area contributed by atoms with Crippen LogP contribution in [0, 0.1) is 5.92 Å². The molecule has 1 unspecified atom stereocenters. The van der Waals surface area contributed by atoms with Crippen molar-refractivity contribution in [1.82, 2.24) is 14.8 Å². The summed E-state index contributed by atoms with van der Waals surface area (Å²) in [6.07, 6.45) is 3.77. The van der Waals surface area contributed by atoms with Gasteiger partial charge >= 0.3 is 0 Å². The quantitative estimate of drug-likeness (QED) is 0.388. The summed E-state index contributed by atoms with van der Waals surface area (Å²) in [7, 11) is 3.50. The van der Waals surface area contributed by atoms with Gasteiger partial charge in [-0.1, -0.05) is 36.4 Å². The highest BCUT2D eigenvalue weighted by Gasteiger charge is 2.33. The lowest BCUT2D eigenvalue weighted by atomic mass is 9.94. The predicted octanol–water partition coefficient (Wildman–Crippen LogP) is 5.25. The largest absolute Gasteiger partial charge is 0.464 e. The van der Waals surface area contributed by atoms with Crippen LogP contribution in [-0.4, -0.2) is 60.1 Å². The minimum absolute atomic E-state index is 0.00989. The molecular weight excluding hydrogens is 490 g/mol. The van der Waals surface area contributed by atoms with Crippen molar-refractivity contribution in [2.75, 3.05) is 27.2 Å². The minimum atomic E-state index is -0.300. The van der Waals surface area contributed by atoms with E-state index >= 15 is 0 Å². The van der Waals surface area contributed by atoms with E-state index < -0.39 is 0 Å². The molecule has 0 aliphatic carbocycles. The van der Waals surface area contributed by atoms with Crippen LogP contribution in [0.15, 0.2) is 72.9 Å². The second kappa shape index (κ2) is 10.6. The Balaban J connectivity index is 1.05. The van der Waals surface area contributed by atoms with Crippen LogP contribution < -0.4 is 4.74 Å². The number of hydrogen-bond acceptors (Lipinski definition) is 4. The topological polar surface area (TPSA) is 74.9 Å². The van der Waals surface area contributed by atoms with Crippen LogP contribution in [0.2, 0.25) is 0 Å². The number of ether oxygens (including phenoxy) is 2. The number of amides is 2. The standard InChI is InChI=1S/C32H33N3O4/c1-34(2)31(37)22-9-7-21(8-10-22)24-11-12-29-26(17-24)20-38-32(39-29)23-13-15-35(16-14-23)30(36)18-25-19-33-28-6-4-3-5-27(25)28/h3-12,17,19,23,32-33H,13-16,18,20H2,1-2H3. The van der Waals surface area contributed by atoms with Crippen molar-refractivity contribution in [3.05, 3.63) is 89.6 Å². The highest BCUT2D eigenvalue weighted by atomic mass is 16.7. The van der Waals surface area contributed by atoms with Crippen LogP contribution in [0.4, 0.5) is 0 Å². The lowest BCUT2D eigenvalue weighted by Gasteiger charge is -2.37. The highest BCUT2D eigenvalue weighted by Crippen LogP contribution is 2.35. The smallest absolute Gasteiger partial charge is 0.253 e. The van der Waals surface area contributed by atoms with Gasteiger partial charge in [-0.3, -0.25) is 9.59 Å². The Labute approximate surface area is 228 Å². The van der Waals surface area contributed by atoms with E-state index in [0.717, 1.165) is 51.7 Å². The fourth-order valence-corrected chi connectivity index (χ4v) is 5.59. The molecule has 4 aromatic rings. The molecule has 2 aliphatic heterocycles. The van der Waals surface area contributed by atoms with E-state index in [4.69, 9.17) is 9.47 Å². The number of piperidine rings is 1. The normalized spacial score (nSPS) is 17.5. The van der Waals surface area contributed by atoms with Crippen LogP contribution in [0.1, 0.15) is 34.3 Å². The predicted molar refractivity (Wildman–Crippen MR) is 150 cm³/mol. The Kier molecular flexibility index (Phi) is 6.83. The maximum Gasteiger partial charge on any atom is 0.253 e. The third-order valence-electron chi connectivity index (χ3n) is 7.87. The van der Waals surface area contributed by atoms with Crippen LogP contribution in [0.25, 0.3) is 22.0 Å². The number of fused-ring (bicyclic) bond motifs is 2. The van der Waals surface area contributed by atoms with Crippen LogP contribution in [-0.2, 0) is 22.6 Å². The van der Waals surface area contributed by atoms with Crippen LogP contribution in [0.5, 0.6) is 5.75 Å². The number of nitrogens with one attached hydrogen (secondary N) is 1. The highest BCUT2D eigenvalue weighted by molar-refractivity contribution is 5.94. The number of carbonyl (C=O) groups is 2.